The number of pyridine rings is 1. The smallest absolute Gasteiger partial charge is 0.114 e. The molecule has 3 aromatic carbocycles. The van der Waals surface area contributed by atoms with E-state index in [1.807, 2.05) is 104 Å². The van der Waals surface area contributed by atoms with Crippen molar-refractivity contribution in [2.75, 3.05) is 19.0 Å². The van der Waals surface area contributed by atoms with Crippen LogP contribution in [-0.2, 0) is 21.1 Å². The predicted molar refractivity (Wildman–Crippen MR) is 116 cm³/mol. The van der Waals surface area contributed by atoms with Crippen LogP contribution >= 0.6 is 0 Å². The van der Waals surface area contributed by atoms with Crippen molar-refractivity contribution in [2.45, 2.75) is 0 Å². The minimum atomic E-state index is 0. The van der Waals surface area contributed by atoms with Crippen LogP contribution in [0, 0.1) is 6.07 Å². The molecule has 1 heterocycles. The largest absolute Gasteiger partial charge is 0.502 e. The van der Waals surface area contributed by atoms with Crippen LogP contribution in [0.5, 0.6) is 23.0 Å². The zero-order chi connectivity index (χ0) is 20.1. The molecule has 5 heteroatoms. The predicted octanol–water partition coefficient (Wildman–Crippen LogP) is 6.20. The Kier molecular flexibility index (Phi) is 7.26. The molecule has 0 amide bonds. The maximum atomic E-state index is 6.18. The summed E-state index contributed by atoms with van der Waals surface area (Å²) in [5.41, 5.74) is 2.62. The van der Waals surface area contributed by atoms with E-state index < -0.39 is 0 Å². The molecule has 0 saturated heterocycles. The van der Waals surface area contributed by atoms with E-state index in [1.165, 1.54) is 0 Å². The van der Waals surface area contributed by atoms with E-state index in [1.54, 1.807) is 6.20 Å². The van der Waals surface area contributed by atoms with Gasteiger partial charge in [0.05, 0.1) is 0 Å². The molecule has 4 nitrogen and oxygen atoms in total. The van der Waals surface area contributed by atoms with Crippen LogP contribution in [0.15, 0.2) is 91.1 Å². The molecule has 4 aromatic rings. The van der Waals surface area contributed by atoms with Crippen molar-refractivity contribution in [3.05, 3.63) is 97.2 Å². The fraction of sp³-hybridized carbons (Fsp3) is 0.0800. The van der Waals surface area contributed by atoms with Gasteiger partial charge in [-0.05, 0) is 36.0 Å². The first-order valence-electron chi connectivity index (χ1n) is 9.34. The summed E-state index contributed by atoms with van der Waals surface area (Å²) in [7, 11) is 4.00. The molecule has 30 heavy (non-hydrogen) atoms. The summed E-state index contributed by atoms with van der Waals surface area (Å²) in [4.78, 5) is 6.57. The zero-order valence-electron chi connectivity index (χ0n) is 16.7. The first-order chi connectivity index (χ1) is 14.2. The van der Waals surface area contributed by atoms with E-state index in [-0.39, 0.29) is 21.1 Å². The Bertz CT molecular complexity index is 1090. The van der Waals surface area contributed by atoms with Crippen LogP contribution in [0.25, 0.3) is 11.3 Å². The summed E-state index contributed by atoms with van der Waals surface area (Å²) in [6, 6.07) is 30.3. The molecule has 0 aliphatic heterocycles. The van der Waals surface area contributed by atoms with E-state index in [0.717, 1.165) is 28.4 Å². The standard InChI is InChI=1S/C25H21N2O2.Pt/c1-27(2)19-15-16-26-24(17-19)23-14-13-22(28-20-9-5-3-6-10-20)18-25(23)29-21-11-7-4-8-12-21;/h3-13,15-18H,1-2H3;/q-1;. The van der Waals surface area contributed by atoms with Gasteiger partial charge in [-0.3, -0.25) is 0 Å². The number of anilines is 1. The summed E-state index contributed by atoms with van der Waals surface area (Å²) >= 11 is 0. The van der Waals surface area contributed by atoms with Crippen LogP contribution in [0.1, 0.15) is 0 Å². The second kappa shape index (κ2) is 10.1. The Morgan fingerprint density at radius 2 is 1.40 bits per heavy atom. The summed E-state index contributed by atoms with van der Waals surface area (Å²) in [6.07, 6.45) is 1.79. The summed E-state index contributed by atoms with van der Waals surface area (Å²) in [5.74, 6) is 2.78. The quantitative estimate of drug-likeness (QED) is 0.256. The van der Waals surface area contributed by atoms with Gasteiger partial charge in [0.15, 0.2) is 0 Å². The van der Waals surface area contributed by atoms with E-state index in [9.17, 15) is 0 Å². The molecule has 154 valence electrons. The molecule has 0 aliphatic carbocycles. The SMILES string of the molecule is CN(C)c1ccnc(-c2[c-]cc(Oc3ccccc3)cc2Oc2ccccc2)c1.[Pt]. The topological polar surface area (TPSA) is 34.6 Å². The number of rotatable bonds is 6. The van der Waals surface area contributed by atoms with Crippen molar-refractivity contribution in [1.82, 2.24) is 4.98 Å². The van der Waals surface area contributed by atoms with Gasteiger partial charge in [0.2, 0.25) is 0 Å². The van der Waals surface area contributed by atoms with Crippen LogP contribution < -0.4 is 14.4 Å². The van der Waals surface area contributed by atoms with Gasteiger partial charge in [0.25, 0.3) is 0 Å². The Morgan fingerprint density at radius 1 is 0.767 bits per heavy atom. The number of para-hydroxylation sites is 2. The Balaban J connectivity index is 0.00000256. The number of hydrogen-bond acceptors (Lipinski definition) is 4. The van der Waals surface area contributed by atoms with E-state index >= 15 is 0 Å². The van der Waals surface area contributed by atoms with Crippen LogP contribution in [0.2, 0.25) is 0 Å². The summed E-state index contributed by atoms with van der Waals surface area (Å²) in [6.45, 7) is 0. The van der Waals surface area contributed by atoms with Crippen LogP contribution in [0.3, 0.4) is 0 Å². The van der Waals surface area contributed by atoms with E-state index in [4.69, 9.17) is 9.47 Å². The molecule has 1 aromatic heterocycles. The Labute approximate surface area is 191 Å². The third-order valence-electron chi connectivity index (χ3n) is 4.34. The van der Waals surface area contributed by atoms with Gasteiger partial charge < -0.3 is 19.4 Å². The zero-order valence-corrected chi connectivity index (χ0v) is 19.0. The van der Waals surface area contributed by atoms with Crippen molar-refractivity contribution in [1.29, 1.82) is 0 Å². The molecular formula is C25H21N2O2Pt-. The van der Waals surface area contributed by atoms with Crippen LogP contribution in [-0.4, -0.2) is 19.1 Å². The second-order valence-corrected chi connectivity index (χ2v) is 6.70. The summed E-state index contributed by atoms with van der Waals surface area (Å²) < 4.78 is 12.1. The van der Waals surface area contributed by atoms with E-state index in [0.29, 0.717) is 11.5 Å². The molecule has 0 aliphatic rings. The van der Waals surface area contributed by atoms with Gasteiger partial charge in [-0.1, -0.05) is 54.1 Å². The number of benzene rings is 3. The average Bonchev–Trinajstić information content (AvgIpc) is 2.75. The third kappa shape index (κ3) is 5.28. The minimum absolute atomic E-state index is 0. The molecule has 0 N–H and O–H groups in total. The molecule has 0 radical (unpaired) electrons. The first-order valence-corrected chi connectivity index (χ1v) is 9.34. The molecule has 0 unspecified atom stereocenters. The molecule has 0 atom stereocenters. The molecule has 4 rings (SSSR count). The fourth-order valence-electron chi connectivity index (χ4n) is 2.87. The number of ether oxygens (including phenoxy) is 2. The molecule has 0 spiro atoms. The molecular weight excluding hydrogens is 555 g/mol. The third-order valence-corrected chi connectivity index (χ3v) is 4.34. The van der Waals surface area contributed by atoms with Crippen molar-refractivity contribution in [3.63, 3.8) is 0 Å². The fourth-order valence-corrected chi connectivity index (χ4v) is 2.87. The normalized spacial score (nSPS) is 10.1. The Morgan fingerprint density at radius 3 is 2.03 bits per heavy atom. The Hall–Kier alpha value is -3.10. The van der Waals surface area contributed by atoms with Crippen molar-refractivity contribution in [3.8, 4) is 34.3 Å². The van der Waals surface area contributed by atoms with Crippen molar-refractivity contribution < 1.29 is 30.5 Å². The van der Waals surface area contributed by atoms with Gasteiger partial charge in [-0.2, -0.15) is 0 Å². The van der Waals surface area contributed by atoms with Gasteiger partial charge in [0.1, 0.15) is 11.5 Å². The van der Waals surface area contributed by atoms with Crippen molar-refractivity contribution in [2.24, 2.45) is 0 Å². The number of aromatic nitrogens is 1. The number of hydrogen-bond donors (Lipinski definition) is 0. The van der Waals surface area contributed by atoms with Gasteiger partial charge in [-0.15, -0.1) is 12.1 Å². The molecule has 0 bridgehead atoms. The molecule has 0 fully saturated rings. The monoisotopic (exact) mass is 576 g/mol. The van der Waals surface area contributed by atoms with Crippen LogP contribution in [0.4, 0.5) is 5.69 Å². The van der Waals surface area contributed by atoms with E-state index in [2.05, 4.69) is 11.1 Å². The van der Waals surface area contributed by atoms with Gasteiger partial charge in [-0.25, -0.2) is 0 Å². The minimum Gasteiger partial charge on any atom is -0.502 e. The van der Waals surface area contributed by atoms with Gasteiger partial charge in [0, 0.05) is 58.5 Å². The first kappa shape index (κ1) is 21.6. The maximum absolute atomic E-state index is 6.18. The number of nitrogens with zero attached hydrogens (tertiary/aromatic N) is 2. The second-order valence-electron chi connectivity index (χ2n) is 6.70. The average molecular weight is 577 g/mol. The van der Waals surface area contributed by atoms with Gasteiger partial charge >= 0.3 is 0 Å². The van der Waals surface area contributed by atoms with Crippen molar-refractivity contribution >= 4 is 5.69 Å². The maximum Gasteiger partial charge on any atom is 0.114 e. The molecule has 0 saturated carbocycles. The summed E-state index contributed by atoms with van der Waals surface area (Å²) in [5, 5.41) is 0.